The minimum atomic E-state index is -2.97. The molecular formula is C24H34N2O3S. The van der Waals surface area contributed by atoms with Crippen LogP contribution in [0.4, 0.5) is 0 Å². The largest absolute Gasteiger partial charge is 0.348 e. The monoisotopic (exact) mass is 430 g/mol. The van der Waals surface area contributed by atoms with Crippen LogP contribution in [0.5, 0.6) is 0 Å². The molecule has 1 unspecified atom stereocenters. The van der Waals surface area contributed by atoms with Crippen LogP contribution in [0.25, 0.3) is 0 Å². The molecule has 2 heterocycles. The van der Waals surface area contributed by atoms with Crippen molar-refractivity contribution >= 4 is 15.6 Å². The normalized spacial score (nSPS) is 18.2. The molecule has 0 N–H and O–H groups in total. The molecule has 0 radical (unpaired) electrons. The Bertz CT molecular complexity index is 964. The lowest BCUT2D eigenvalue weighted by molar-refractivity contribution is 0.0898. The van der Waals surface area contributed by atoms with Crippen LogP contribution in [0.3, 0.4) is 0 Å². The molecule has 0 spiro atoms. The van der Waals surface area contributed by atoms with Crippen molar-refractivity contribution in [3.63, 3.8) is 0 Å². The van der Waals surface area contributed by atoms with Crippen LogP contribution in [0.2, 0.25) is 0 Å². The quantitative estimate of drug-likeness (QED) is 0.538. The molecule has 1 aliphatic rings. The number of Topliss-reactive ketones (excluding diaryl/α,β-unsaturated/α-hetero) is 1. The van der Waals surface area contributed by atoms with Gasteiger partial charge >= 0.3 is 0 Å². The van der Waals surface area contributed by atoms with Crippen LogP contribution >= 0.6 is 0 Å². The third-order valence-corrected chi connectivity index (χ3v) is 7.96. The number of hydrogen-bond donors (Lipinski definition) is 0. The Hall–Kier alpha value is -1.92. The van der Waals surface area contributed by atoms with E-state index in [1.807, 2.05) is 38.1 Å². The number of aromatic nitrogens is 1. The van der Waals surface area contributed by atoms with E-state index in [1.165, 1.54) is 5.56 Å². The van der Waals surface area contributed by atoms with Gasteiger partial charge in [-0.15, -0.1) is 0 Å². The lowest BCUT2D eigenvalue weighted by Crippen LogP contribution is -2.40. The Balaban J connectivity index is 1.71. The summed E-state index contributed by atoms with van der Waals surface area (Å²) in [6, 6.07) is 12.3. The number of unbranched alkanes of at least 4 members (excludes halogenated alkanes) is 1. The fourth-order valence-corrected chi connectivity index (χ4v) is 6.16. The first-order valence-electron chi connectivity index (χ1n) is 11.0. The molecule has 0 aliphatic carbocycles. The van der Waals surface area contributed by atoms with E-state index in [2.05, 4.69) is 28.5 Å². The van der Waals surface area contributed by atoms with Crippen LogP contribution in [0.15, 0.2) is 36.4 Å². The fourth-order valence-electron chi connectivity index (χ4n) is 4.40. The Morgan fingerprint density at radius 2 is 1.93 bits per heavy atom. The van der Waals surface area contributed by atoms with Crippen molar-refractivity contribution in [1.29, 1.82) is 0 Å². The second-order valence-corrected chi connectivity index (χ2v) is 10.7. The van der Waals surface area contributed by atoms with Gasteiger partial charge in [0.05, 0.1) is 18.1 Å². The summed E-state index contributed by atoms with van der Waals surface area (Å²) in [6.45, 7) is 8.09. The molecular weight excluding hydrogens is 396 g/mol. The molecule has 164 valence electrons. The van der Waals surface area contributed by atoms with Gasteiger partial charge in [-0.1, -0.05) is 43.7 Å². The molecule has 30 heavy (non-hydrogen) atoms. The van der Waals surface area contributed by atoms with Crippen molar-refractivity contribution in [2.24, 2.45) is 0 Å². The van der Waals surface area contributed by atoms with E-state index in [0.29, 0.717) is 13.0 Å². The van der Waals surface area contributed by atoms with Gasteiger partial charge in [-0.2, -0.15) is 0 Å². The van der Waals surface area contributed by atoms with Crippen molar-refractivity contribution in [2.45, 2.75) is 59.0 Å². The predicted molar refractivity (Wildman–Crippen MR) is 122 cm³/mol. The molecule has 0 saturated carbocycles. The molecule has 3 rings (SSSR count). The molecule has 6 heteroatoms. The summed E-state index contributed by atoms with van der Waals surface area (Å²) < 4.78 is 26.1. The maximum Gasteiger partial charge on any atom is 0.178 e. The summed E-state index contributed by atoms with van der Waals surface area (Å²) in [4.78, 5) is 15.3. The lowest BCUT2D eigenvalue weighted by Gasteiger charge is -2.27. The predicted octanol–water partition coefficient (Wildman–Crippen LogP) is 3.82. The number of carbonyl (C=O) groups is 1. The van der Waals surface area contributed by atoms with E-state index < -0.39 is 9.84 Å². The van der Waals surface area contributed by atoms with Gasteiger partial charge in [0.2, 0.25) is 0 Å². The molecule has 5 nitrogen and oxygen atoms in total. The Kier molecular flexibility index (Phi) is 7.53. The number of nitrogens with zero attached hydrogens (tertiary/aromatic N) is 2. The molecule has 1 aromatic heterocycles. The van der Waals surface area contributed by atoms with E-state index in [9.17, 15) is 13.2 Å². The molecule has 1 fully saturated rings. The SMILES string of the molecule is CCCCN(CC(=O)c1cc(C)n(CCc2ccccc2)c1C)C1CCS(=O)(=O)C1. The van der Waals surface area contributed by atoms with Crippen molar-refractivity contribution in [2.75, 3.05) is 24.6 Å². The molecule has 1 aromatic carbocycles. The number of aryl methyl sites for hydroxylation is 2. The number of hydrogen-bond acceptors (Lipinski definition) is 4. The van der Waals surface area contributed by atoms with Gasteiger partial charge < -0.3 is 4.57 Å². The molecule has 1 saturated heterocycles. The highest BCUT2D eigenvalue weighted by molar-refractivity contribution is 7.91. The van der Waals surface area contributed by atoms with Gasteiger partial charge in [-0.05, 0) is 51.3 Å². The Morgan fingerprint density at radius 3 is 2.57 bits per heavy atom. The summed E-state index contributed by atoms with van der Waals surface area (Å²) in [6.07, 6.45) is 3.56. The number of rotatable bonds is 10. The summed E-state index contributed by atoms with van der Waals surface area (Å²) in [5, 5.41) is 0. The first kappa shape index (κ1) is 22.8. The van der Waals surface area contributed by atoms with Gasteiger partial charge in [0, 0.05) is 29.5 Å². The topological polar surface area (TPSA) is 59.4 Å². The third-order valence-electron chi connectivity index (χ3n) is 6.21. The minimum Gasteiger partial charge on any atom is -0.348 e. The zero-order valence-electron chi connectivity index (χ0n) is 18.4. The first-order valence-corrected chi connectivity index (χ1v) is 12.8. The molecule has 0 amide bonds. The van der Waals surface area contributed by atoms with Crippen LogP contribution in [-0.4, -0.2) is 54.3 Å². The maximum atomic E-state index is 13.2. The zero-order chi connectivity index (χ0) is 21.7. The third kappa shape index (κ3) is 5.61. The van der Waals surface area contributed by atoms with Gasteiger partial charge in [-0.3, -0.25) is 9.69 Å². The second-order valence-electron chi connectivity index (χ2n) is 8.48. The van der Waals surface area contributed by atoms with Crippen molar-refractivity contribution in [3.05, 3.63) is 58.9 Å². The van der Waals surface area contributed by atoms with Crippen LogP contribution < -0.4 is 0 Å². The van der Waals surface area contributed by atoms with Gasteiger partial charge in [0.1, 0.15) is 0 Å². The molecule has 1 atom stereocenters. The summed E-state index contributed by atoms with van der Waals surface area (Å²) >= 11 is 0. The van der Waals surface area contributed by atoms with E-state index in [1.54, 1.807) is 0 Å². The highest BCUT2D eigenvalue weighted by Gasteiger charge is 2.33. The standard InChI is InChI=1S/C24H34N2O3S/c1-4-5-13-25(22-12-15-30(28,29)18-22)17-24(27)23-16-19(2)26(20(23)3)14-11-21-9-7-6-8-10-21/h6-10,16,22H,4-5,11-15,17-18H2,1-3H3. The number of benzene rings is 1. The van der Waals surface area contributed by atoms with Crippen molar-refractivity contribution in [3.8, 4) is 0 Å². The van der Waals surface area contributed by atoms with E-state index >= 15 is 0 Å². The van der Waals surface area contributed by atoms with Gasteiger partial charge in [0.25, 0.3) is 0 Å². The van der Waals surface area contributed by atoms with E-state index in [4.69, 9.17) is 0 Å². The Morgan fingerprint density at radius 1 is 1.20 bits per heavy atom. The van der Waals surface area contributed by atoms with Crippen LogP contribution in [-0.2, 0) is 22.8 Å². The fraction of sp³-hybridized carbons (Fsp3) is 0.542. The van der Waals surface area contributed by atoms with E-state index in [-0.39, 0.29) is 23.3 Å². The molecule has 1 aliphatic heterocycles. The highest BCUT2D eigenvalue weighted by atomic mass is 32.2. The van der Waals surface area contributed by atoms with Crippen molar-refractivity contribution in [1.82, 2.24) is 9.47 Å². The maximum absolute atomic E-state index is 13.2. The second kappa shape index (κ2) is 9.92. The average Bonchev–Trinajstić information content (AvgIpc) is 3.22. The number of sulfone groups is 1. The van der Waals surface area contributed by atoms with Crippen LogP contribution in [0.1, 0.15) is 53.5 Å². The highest BCUT2D eigenvalue weighted by Crippen LogP contribution is 2.21. The summed E-state index contributed by atoms with van der Waals surface area (Å²) in [5.41, 5.74) is 4.15. The summed E-state index contributed by atoms with van der Waals surface area (Å²) in [7, 11) is -2.97. The minimum absolute atomic E-state index is 0.0351. The summed E-state index contributed by atoms with van der Waals surface area (Å²) in [5.74, 6) is 0.511. The van der Waals surface area contributed by atoms with Gasteiger partial charge in [0.15, 0.2) is 15.6 Å². The molecule has 2 aromatic rings. The number of carbonyl (C=O) groups excluding carboxylic acids is 1. The average molecular weight is 431 g/mol. The first-order chi connectivity index (χ1) is 14.3. The zero-order valence-corrected chi connectivity index (χ0v) is 19.2. The lowest BCUT2D eigenvalue weighted by atomic mass is 10.1. The van der Waals surface area contributed by atoms with Gasteiger partial charge in [-0.25, -0.2) is 8.42 Å². The smallest absolute Gasteiger partial charge is 0.178 e. The van der Waals surface area contributed by atoms with E-state index in [0.717, 1.165) is 49.3 Å². The number of ketones is 1. The Labute approximate surface area is 181 Å². The van der Waals surface area contributed by atoms with Crippen molar-refractivity contribution < 1.29 is 13.2 Å². The van der Waals surface area contributed by atoms with Crippen LogP contribution in [0, 0.1) is 13.8 Å². The molecule has 0 bridgehead atoms.